The topological polar surface area (TPSA) is 88.8 Å². The molecule has 0 unspecified atom stereocenters. The van der Waals surface area contributed by atoms with E-state index in [1.54, 1.807) is 12.4 Å². The Kier molecular flexibility index (Phi) is 3.50. The van der Waals surface area contributed by atoms with Gasteiger partial charge in [-0.05, 0) is 12.1 Å². The van der Waals surface area contributed by atoms with Gasteiger partial charge in [-0.25, -0.2) is 24.9 Å². The molecule has 104 valence electrons. The molecule has 2 heterocycles. The lowest BCUT2D eigenvalue weighted by molar-refractivity contribution is 0.256. The number of amides is 2. The molecule has 21 heavy (non-hydrogen) atoms. The molecule has 0 radical (unpaired) electrons. The number of hydrogen-bond donors (Lipinski definition) is 1. The van der Waals surface area contributed by atoms with Crippen molar-refractivity contribution in [3.8, 4) is 0 Å². The molecule has 0 fully saturated rings. The maximum absolute atomic E-state index is 12.5. The molecular formula is C13H11N7O. The van der Waals surface area contributed by atoms with Gasteiger partial charge in [0.1, 0.15) is 19.0 Å². The van der Waals surface area contributed by atoms with E-state index in [0.29, 0.717) is 11.4 Å². The average Bonchev–Trinajstić information content (AvgIpc) is 3.02. The van der Waals surface area contributed by atoms with Gasteiger partial charge in [0.2, 0.25) is 0 Å². The summed E-state index contributed by atoms with van der Waals surface area (Å²) in [6.45, 7) is 0. The van der Waals surface area contributed by atoms with Crippen LogP contribution < -0.4 is 10.3 Å². The molecular weight excluding hydrogens is 270 g/mol. The second-order valence-corrected chi connectivity index (χ2v) is 4.05. The Balaban J connectivity index is 1.95. The summed E-state index contributed by atoms with van der Waals surface area (Å²) in [5, 5.41) is 7.27. The smallest absolute Gasteiger partial charge is 0.259 e. The third-order valence-corrected chi connectivity index (χ3v) is 2.67. The first kappa shape index (κ1) is 12.7. The van der Waals surface area contributed by atoms with Crippen LogP contribution in [0.2, 0.25) is 0 Å². The van der Waals surface area contributed by atoms with E-state index in [1.807, 2.05) is 30.3 Å². The summed E-state index contributed by atoms with van der Waals surface area (Å²) in [4.78, 5) is 21.8. The van der Waals surface area contributed by atoms with E-state index in [2.05, 4.69) is 25.6 Å². The fourth-order valence-corrected chi connectivity index (χ4v) is 1.79. The highest BCUT2D eigenvalue weighted by Gasteiger charge is 2.18. The van der Waals surface area contributed by atoms with E-state index in [9.17, 15) is 4.79 Å². The number of anilines is 2. The lowest BCUT2D eigenvalue weighted by Gasteiger charge is -2.22. The first-order chi connectivity index (χ1) is 10.3. The van der Waals surface area contributed by atoms with E-state index in [-0.39, 0.29) is 6.03 Å². The van der Waals surface area contributed by atoms with Gasteiger partial charge in [-0.3, -0.25) is 4.90 Å². The summed E-state index contributed by atoms with van der Waals surface area (Å²) in [6, 6.07) is 8.82. The van der Waals surface area contributed by atoms with Crippen molar-refractivity contribution in [1.29, 1.82) is 0 Å². The number of aromatic nitrogens is 5. The van der Waals surface area contributed by atoms with Crippen molar-refractivity contribution in [1.82, 2.24) is 24.8 Å². The van der Waals surface area contributed by atoms with Gasteiger partial charge in [-0.15, -0.1) is 10.2 Å². The van der Waals surface area contributed by atoms with Crippen molar-refractivity contribution in [3.63, 3.8) is 0 Å². The van der Waals surface area contributed by atoms with Crippen LogP contribution in [0.25, 0.3) is 0 Å². The van der Waals surface area contributed by atoms with Crippen LogP contribution in [0.15, 0.2) is 61.7 Å². The SMILES string of the molecule is O=C(Nn1cnnc1)N(c1ccccc1)c1cncnc1. The van der Waals surface area contributed by atoms with Crippen LogP contribution in [-0.4, -0.2) is 30.9 Å². The zero-order chi connectivity index (χ0) is 14.5. The molecule has 0 aliphatic carbocycles. The fraction of sp³-hybridized carbons (Fsp3) is 0. The number of rotatable bonds is 3. The minimum absolute atomic E-state index is 0.379. The highest BCUT2D eigenvalue weighted by molar-refractivity contribution is 6.03. The molecule has 3 rings (SSSR count). The third-order valence-electron chi connectivity index (χ3n) is 2.67. The van der Waals surface area contributed by atoms with Gasteiger partial charge >= 0.3 is 6.03 Å². The van der Waals surface area contributed by atoms with Gasteiger partial charge in [-0.1, -0.05) is 18.2 Å². The quantitative estimate of drug-likeness (QED) is 0.787. The number of para-hydroxylation sites is 1. The Morgan fingerprint density at radius 2 is 1.67 bits per heavy atom. The predicted molar refractivity (Wildman–Crippen MR) is 75.4 cm³/mol. The van der Waals surface area contributed by atoms with Crippen molar-refractivity contribution in [2.45, 2.75) is 0 Å². The Morgan fingerprint density at radius 1 is 1.00 bits per heavy atom. The number of hydrogen-bond acceptors (Lipinski definition) is 5. The molecule has 8 nitrogen and oxygen atoms in total. The van der Waals surface area contributed by atoms with Gasteiger partial charge < -0.3 is 0 Å². The zero-order valence-electron chi connectivity index (χ0n) is 10.9. The molecule has 0 saturated carbocycles. The molecule has 1 aromatic carbocycles. The lowest BCUT2D eigenvalue weighted by Crippen LogP contribution is -2.35. The first-order valence-corrected chi connectivity index (χ1v) is 6.10. The Bertz CT molecular complexity index is 660. The average molecular weight is 281 g/mol. The normalized spacial score (nSPS) is 10.1. The molecule has 1 N–H and O–H groups in total. The van der Waals surface area contributed by atoms with Crippen LogP contribution in [0.4, 0.5) is 16.2 Å². The minimum Gasteiger partial charge on any atom is -0.259 e. The summed E-state index contributed by atoms with van der Waals surface area (Å²) in [5.41, 5.74) is 3.88. The van der Waals surface area contributed by atoms with Crippen LogP contribution in [-0.2, 0) is 0 Å². The van der Waals surface area contributed by atoms with Crippen LogP contribution >= 0.6 is 0 Å². The van der Waals surface area contributed by atoms with E-state index >= 15 is 0 Å². The largest absolute Gasteiger partial charge is 0.345 e. The highest BCUT2D eigenvalue weighted by atomic mass is 16.2. The Labute approximate surface area is 120 Å². The summed E-state index contributed by atoms with van der Waals surface area (Å²) >= 11 is 0. The molecule has 8 heteroatoms. The van der Waals surface area contributed by atoms with E-state index in [4.69, 9.17) is 0 Å². The van der Waals surface area contributed by atoms with Gasteiger partial charge in [0.05, 0.1) is 23.8 Å². The molecule has 2 amide bonds. The van der Waals surface area contributed by atoms with Crippen molar-refractivity contribution < 1.29 is 4.79 Å². The molecule has 2 aromatic heterocycles. The predicted octanol–water partition coefficient (Wildman–Crippen LogP) is 1.57. The summed E-state index contributed by atoms with van der Waals surface area (Å²) in [6.07, 6.45) is 7.31. The summed E-state index contributed by atoms with van der Waals surface area (Å²) in [5.74, 6) is 0. The molecule has 0 saturated heterocycles. The third kappa shape index (κ3) is 2.84. The number of carbonyl (C=O) groups is 1. The van der Waals surface area contributed by atoms with Gasteiger partial charge in [0, 0.05) is 0 Å². The Hall–Kier alpha value is -3.29. The van der Waals surface area contributed by atoms with Crippen LogP contribution in [0.5, 0.6) is 0 Å². The minimum atomic E-state index is -0.379. The molecule has 0 bridgehead atoms. The van der Waals surface area contributed by atoms with E-state index < -0.39 is 0 Å². The zero-order valence-corrected chi connectivity index (χ0v) is 10.9. The summed E-state index contributed by atoms with van der Waals surface area (Å²) < 4.78 is 1.36. The lowest BCUT2D eigenvalue weighted by atomic mass is 10.3. The number of nitrogens with zero attached hydrogens (tertiary/aromatic N) is 6. The number of nitrogens with one attached hydrogen (secondary N) is 1. The second-order valence-electron chi connectivity index (χ2n) is 4.05. The molecule has 0 spiro atoms. The molecule has 0 atom stereocenters. The first-order valence-electron chi connectivity index (χ1n) is 6.10. The van der Waals surface area contributed by atoms with Crippen molar-refractivity contribution in [3.05, 3.63) is 61.7 Å². The molecule has 3 aromatic rings. The monoisotopic (exact) mass is 281 g/mol. The Morgan fingerprint density at radius 3 is 2.33 bits per heavy atom. The van der Waals surface area contributed by atoms with Gasteiger partial charge in [0.25, 0.3) is 0 Å². The fourth-order valence-electron chi connectivity index (χ4n) is 1.79. The standard InChI is InChI=1S/C13H11N7O/c21-13(18-19-9-16-17-10-19)20(11-4-2-1-3-5-11)12-6-14-8-15-7-12/h1-10H,(H,18,21). The second kappa shape index (κ2) is 5.78. The van der Waals surface area contributed by atoms with Crippen molar-refractivity contribution >= 4 is 17.4 Å². The summed E-state index contributed by atoms with van der Waals surface area (Å²) in [7, 11) is 0. The molecule has 0 aliphatic rings. The number of urea groups is 1. The van der Waals surface area contributed by atoms with Crippen LogP contribution in [0.1, 0.15) is 0 Å². The van der Waals surface area contributed by atoms with E-state index in [0.717, 1.165) is 0 Å². The highest BCUT2D eigenvalue weighted by Crippen LogP contribution is 2.23. The van der Waals surface area contributed by atoms with Crippen molar-refractivity contribution in [2.24, 2.45) is 0 Å². The van der Waals surface area contributed by atoms with Gasteiger partial charge in [0.15, 0.2) is 0 Å². The van der Waals surface area contributed by atoms with Crippen LogP contribution in [0.3, 0.4) is 0 Å². The number of benzene rings is 1. The molecule has 0 aliphatic heterocycles. The van der Waals surface area contributed by atoms with Crippen molar-refractivity contribution in [2.75, 3.05) is 10.3 Å². The maximum atomic E-state index is 12.5. The number of carbonyl (C=O) groups excluding carboxylic acids is 1. The maximum Gasteiger partial charge on any atom is 0.345 e. The van der Waals surface area contributed by atoms with Gasteiger partial charge in [-0.2, -0.15) is 0 Å². The van der Waals surface area contributed by atoms with Crippen LogP contribution in [0, 0.1) is 0 Å². The van der Waals surface area contributed by atoms with E-state index in [1.165, 1.54) is 28.6 Å².